The Kier molecular flexibility index (Phi) is 4.37. The fourth-order valence-electron chi connectivity index (χ4n) is 1.60. The predicted molar refractivity (Wildman–Crippen MR) is 64.8 cm³/mol. The van der Waals surface area contributed by atoms with Crippen LogP contribution in [0.2, 0.25) is 0 Å². The van der Waals surface area contributed by atoms with Gasteiger partial charge in [0.1, 0.15) is 0 Å². The third-order valence-corrected chi connectivity index (χ3v) is 2.84. The van der Waals surface area contributed by atoms with Crippen LogP contribution in [-0.4, -0.2) is 40.6 Å². The van der Waals surface area contributed by atoms with E-state index in [1.165, 1.54) is 12.8 Å². The van der Waals surface area contributed by atoms with E-state index in [4.69, 9.17) is 5.11 Å². The molecule has 0 bridgehead atoms. The van der Waals surface area contributed by atoms with E-state index in [-0.39, 0.29) is 24.5 Å². The second kappa shape index (κ2) is 5.38. The van der Waals surface area contributed by atoms with E-state index in [9.17, 15) is 9.59 Å². The Balaban J connectivity index is 2.47. The molecule has 0 aromatic rings. The van der Waals surface area contributed by atoms with Crippen molar-refractivity contribution in [3.8, 4) is 0 Å². The van der Waals surface area contributed by atoms with E-state index in [1.54, 1.807) is 4.90 Å². The summed E-state index contributed by atoms with van der Waals surface area (Å²) < 4.78 is 0. The molecule has 98 valence electrons. The highest BCUT2D eigenvalue weighted by molar-refractivity contribution is 5.76. The number of nitrogens with zero attached hydrogens (tertiary/aromatic N) is 1. The molecule has 0 radical (unpaired) electrons. The van der Waals surface area contributed by atoms with Gasteiger partial charge in [-0.15, -0.1) is 0 Å². The molecule has 1 aliphatic rings. The number of urea groups is 1. The maximum atomic E-state index is 12.0. The molecular weight excluding hydrogens is 220 g/mol. The summed E-state index contributed by atoms with van der Waals surface area (Å²) in [5, 5.41) is 11.5. The largest absolute Gasteiger partial charge is 0.481 e. The fourth-order valence-corrected chi connectivity index (χ4v) is 1.60. The van der Waals surface area contributed by atoms with Crippen molar-refractivity contribution in [2.24, 2.45) is 5.92 Å². The van der Waals surface area contributed by atoms with Crippen molar-refractivity contribution in [2.75, 3.05) is 13.1 Å². The van der Waals surface area contributed by atoms with Crippen LogP contribution in [0, 0.1) is 5.92 Å². The summed E-state index contributed by atoms with van der Waals surface area (Å²) >= 11 is 0. The van der Waals surface area contributed by atoms with Crippen molar-refractivity contribution < 1.29 is 14.7 Å². The van der Waals surface area contributed by atoms with E-state index in [0.717, 1.165) is 0 Å². The van der Waals surface area contributed by atoms with Gasteiger partial charge in [-0.1, -0.05) is 0 Å². The minimum Gasteiger partial charge on any atom is -0.481 e. The molecule has 2 amide bonds. The van der Waals surface area contributed by atoms with Gasteiger partial charge in [0.25, 0.3) is 0 Å². The van der Waals surface area contributed by atoms with E-state index < -0.39 is 5.97 Å². The van der Waals surface area contributed by atoms with Gasteiger partial charge in [-0.2, -0.15) is 0 Å². The lowest BCUT2D eigenvalue weighted by atomic mass is 10.1. The van der Waals surface area contributed by atoms with E-state index in [2.05, 4.69) is 5.32 Å². The Bertz CT molecular complexity index is 293. The monoisotopic (exact) mass is 242 g/mol. The number of amides is 2. The molecule has 0 aromatic heterocycles. The number of hydrogen-bond donors (Lipinski definition) is 2. The van der Waals surface area contributed by atoms with Crippen LogP contribution >= 0.6 is 0 Å². The summed E-state index contributed by atoms with van der Waals surface area (Å²) in [6.45, 7) is 6.68. The second-order valence-corrected chi connectivity index (χ2v) is 5.60. The third kappa shape index (κ3) is 5.06. The van der Waals surface area contributed by atoms with Crippen LogP contribution in [0.15, 0.2) is 0 Å². The summed E-state index contributed by atoms with van der Waals surface area (Å²) in [5.74, 6) is -0.255. The summed E-state index contributed by atoms with van der Waals surface area (Å²) in [6.07, 6.45) is 2.35. The van der Waals surface area contributed by atoms with E-state index in [0.29, 0.717) is 12.5 Å². The number of rotatable bonds is 5. The van der Waals surface area contributed by atoms with Crippen molar-refractivity contribution in [2.45, 2.75) is 45.6 Å². The Labute approximate surface area is 102 Å². The minimum atomic E-state index is -0.880. The quantitative estimate of drug-likeness (QED) is 0.770. The Hall–Kier alpha value is -1.26. The number of carboxylic acids is 1. The lowest BCUT2D eigenvalue weighted by Gasteiger charge is -2.35. The van der Waals surface area contributed by atoms with Crippen molar-refractivity contribution in [1.82, 2.24) is 10.2 Å². The van der Waals surface area contributed by atoms with Crippen LogP contribution in [0.1, 0.15) is 40.0 Å². The molecule has 0 unspecified atom stereocenters. The highest BCUT2D eigenvalue weighted by Gasteiger charge is 2.28. The van der Waals surface area contributed by atoms with Crippen LogP contribution in [0.25, 0.3) is 0 Å². The van der Waals surface area contributed by atoms with Gasteiger partial charge in [-0.3, -0.25) is 4.79 Å². The van der Waals surface area contributed by atoms with Gasteiger partial charge in [0.05, 0.1) is 6.42 Å². The number of carboxylic acid groups (broad SMARTS) is 1. The molecule has 1 rings (SSSR count). The van der Waals surface area contributed by atoms with Gasteiger partial charge in [0, 0.05) is 18.6 Å². The molecule has 5 heteroatoms. The molecular formula is C12H22N2O3. The molecule has 0 aromatic carbocycles. The molecule has 0 saturated heterocycles. The second-order valence-electron chi connectivity index (χ2n) is 5.60. The highest BCUT2D eigenvalue weighted by atomic mass is 16.4. The summed E-state index contributed by atoms with van der Waals surface area (Å²) in [5.41, 5.74) is -0.358. The topological polar surface area (TPSA) is 69.6 Å². The molecule has 17 heavy (non-hydrogen) atoms. The van der Waals surface area contributed by atoms with Crippen molar-refractivity contribution in [3.63, 3.8) is 0 Å². The number of hydrogen-bond acceptors (Lipinski definition) is 2. The van der Waals surface area contributed by atoms with E-state index >= 15 is 0 Å². The van der Waals surface area contributed by atoms with Gasteiger partial charge in [-0.25, -0.2) is 4.79 Å². The first kappa shape index (κ1) is 13.8. The summed E-state index contributed by atoms with van der Waals surface area (Å²) in [6, 6.07) is -0.161. The predicted octanol–water partition coefficient (Wildman–Crippen LogP) is 1.68. The van der Waals surface area contributed by atoms with Crippen LogP contribution < -0.4 is 5.32 Å². The molecule has 1 aliphatic carbocycles. The molecule has 2 N–H and O–H groups in total. The van der Waals surface area contributed by atoms with Gasteiger partial charge in [-0.05, 0) is 39.5 Å². The van der Waals surface area contributed by atoms with Crippen LogP contribution in [0.4, 0.5) is 4.79 Å². The third-order valence-electron chi connectivity index (χ3n) is 2.84. The number of carbonyl (C=O) groups is 2. The Morgan fingerprint density at radius 2 is 1.94 bits per heavy atom. The molecule has 1 saturated carbocycles. The Morgan fingerprint density at radius 3 is 2.35 bits per heavy atom. The first-order valence-corrected chi connectivity index (χ1v) is 6.08. The number of aliphatic carboxylic acids is 1. The average Bonchev–Trinajstić information content (AvgIpc) is 2.95. The van der Waals surface area contributed by atoms with Crippen molar-refractivity contribution >= 4 is 12.0 Å². The van der Waals surface area contributed by atoms with Crippen LogP contribution in [-0.2, 0) is 4.79 Å². The average molecular weight is 242 g/mol. The summed E-state index contributed by atoms with van der Waals surface area (Å²) in [4.78, 5) is 24.1. The normalized spacial score (nSPS) is 15.5. The van der Waals surface area contributed by atoms with E-state index in [1.807, 2.05) is 20.8 Å². The standard InChI is InChI=1S/C12H22N2O3/c1-12(2,3)14(7-6-10(15)16)11(17)13-8-9-4-5-9/h9H,4-8H2,1-3H3,(H,13,17)(H,15,16). The highest BCUT2D eigenvalue weighted by Crippen LogP contribution is 2.27. The van der Waals surface area contributed by atoms with Gasteiger partial charge >= 0.3 is 12.0 Å². The van der Waals surface area contributed by atoms with Crippen LogP contribution in [0.3, 0.4) is 0 Å². The van der Waals surface area contributed by atoms with Gasteiger partial charge < -0.3 is 15.3 Å². The zero-order valence-electron chi connectivity index (χ0n) is 10.8. The zero-order valence-corrected chi connectivity index (χ0v) is 10.8. The maximum Gasteiger partial charge on any atom is 0.317 e. The Morgan fingerprint density at radius 1 is 1.35 bits per heavy atom. The summed E-state index contributed by atoms with van der Waals surface area (Å²) in [7, 11) is 0. The van der Waals surface area contributed by atoms with Crippen molar-refractivity contribution in [1.29, 1.82) is 0 Å². The molecule has 0 atom stereocenters. The molecule has 0 heterocycles. The van der Waals surface area contributed by atoms with Crippen molar-refractivity contribution in [3.05, 3.63) is 0 Å². The molecule has 5 nitrogen and oxygen atoms in total. The smallest absolute Gasteiger partial charge is 0.317 e. The number of carbonyl (C=O) groups excluding carboxylic acids is 1. The van der Waals surface area contributed by atoms with Gasteiger partial charge in [0.15, 0.2) is 0 Å². The maximum absolute atomic E-state index is 12.0. The first-order valence-electron chi connectivity index (χ1n) is 6.08. The molecule has 0 spiro atoms. The fraction of sp³-hybridized carbons (Fsp3) is 0.833. The molecule has 0 aliphatic heterocycles. The SMILES string of the molecule is CC(C)(C)N(CCC(=O)O)C(=O)NCC1CC1. The van der Waals surface area contributed by atoms with Crippen LogP contribution in [0.5, 0.6) is 0 Å². The van der Waals surface area contributed by atoms with Gasteiger partial charge in [0.2, 0.25) is 0 Å². The number of nitrogens with one attached hydrogen (secondary N) is 1. The zero-order chi connectivity index (χ0) is 13.1. The lowest BCUT2D eigenvalue weighted by molar-refractivity contribution is -0.137. The molecule has 1 fully saturated rings. The minimum absolute atomic E-state index is 0.0197. The lowest BCUT2D eigenvalue weighted by Crippen LogP contribution is -2.51. The first-order chi connectivity index (χ1) is 7.80.